The molecule has 0 aliphatic heterocycles. The van der Waals surface area contributed by atoms with E-state index in [1.807, 2.05) is 64.2 Å². The predicted octanol–water partition coefficient (Wildman–Crippen LogP) is 3.14. The van der Waals surface area contributed by atoms with Crippen molar-refractivity contribution >= 4 is 0 Å². The van der Waals surface area contributed by atoms with Gasteiger partial charge in [0, 0.05) is 0 Å². The molecule has 0 bridgehead atoms. The van der Waals surface area contributed by atoms with Gasteiger partial charge in [-0.25, -0.2) is 0 Å². The van der Waals surface area contributed by atoms with Crippen LogP contribution in [0.25, 0.3) is 0 Å². The molecule has 0 aromatic heterocycles. The maximum Gasteiger partial charge on any atom is 4.00 e. The molecule has 2 aliphatic rings. The Morgan fingerprint density at radius 1 is 0.474 bits per heavy atom. The first kappa shape index (κ1) is 18.4. The van der Waals surface area contributed by atoms with Gasteiger partial charge in [-0.15, -0.1) is 0 Å². The number of rotatable bonds is 0. The summed E-state index contributed by atoms with van der Waals surface area (Å²) in [5, 5.41) is 17.3. The van der Waals surface area contributed by atoms with Gasteiger partial charge >= 0.3 is 18.6 Å². The molecule has 1 aromatic rings. The minimum absolute atomic E-state index is 0. The molecular formula is C16H16O2V+4. The molecule has 0 heterocycles. The Morgan fingerprint density at radius 3 is 0.842 bits per heavy atom. The summed E-state index contributed by atoms with van der Waals surface area (Å²) in [5.41, 5.74) is 0. The summed E-state index contributed by atoms with van der Waals surface area (Å²) in [6.07, 6.45) is 20.0. The van der Waals surface area contributed by atoms with Crippen LogP contribution in [0.2, 0.25) is 0 Å². The van der Waals surface area contributed by atoms with Crippen LogP contribution in [0.15, 0.2) is 24.3 Å². The van der Waals surface area contributed by atoms with E-state index in [1.54, 1.807) is 12.1 Å². The maximum absolute atomic E-state index is 8.67. The number of aromatic hydroxyl groups is 2. The van der Waals surface area contributed by atoms with Gasteiger partial charge in [0.1, 0.15) is 0 Å². The molecule has 3 heteroatoms. The summed E-state index contributed by atoms with van der Waals surface area (Å²) in [6, 6.07) is 6.15. The molecule has 0 atom stereocenters. The van der Waals surface area contributed by atoms with Crippen molar-refractivity contribution in [3.8, 4) is 11.5 Å². The van der Waals surface area contributed by atoms with Crippen LogP contribution in [0.4, 0.5) is 0 Å². The summed E-state index contributed by atoms with van der Waals surface area (Å²) < 4.78 is 0. The fourth-order valence-corrected chi connectivity index (χ4v) is 1.11. The van der Waals surface area contributed by atoms with Gasteiger partial charge in [-0.2, -0.15) is 0 Å². The van der Waals surface area contributed by atoms with Gasteiger partial charge in [-0.1, -0.05) is 12.1 Å². The van der Waals surface area contributed by atoms with Crippen LogP contribution in [0.1, 0.15) is 0 Å². The average Bonchev–Trinajstić information content (AvgIpc) is 3.11. The summed E-state index contributed by atoms with van der Waals surface area (Å²) in [6.45, 7) is 0. The summed E-state index contributed by atoms with van der Waals surface area (Å²) in [4.78, 5) is 0. The first-order valence-corrected chi connectivity index (χ1v) is 5.61. The van der Waals surface area contributed by atoms with Crippen LogP contribution in [-0.4, -0.2) is 10.2 Å². The van der Waals surface area contributed by atoms with E-state index in [1.165, 1.54) is 12.1 Å². The molecule has 0 unspecified atom stereocenters. The van der Waals surface area contributed by atoms with Gasteiger partial charge in [0.2, 0.25) is 0 Å². The molecule has 11 radical (unpaired) electrons. The van der Waals surface area contributed by atoms with Crippen molar-refractivity contribution in [2.45, 2.75) is 0 Å². The summed E-state index contributed by atoms with van der Waals surface area (Å²) >= 11 is 0. The van der Waals surface area contributed by atoms with Gasteiger partial charge in [0.25, 0.3) is 0 Å². The quantitative estimate of drug-likeness (QED) is 0.721. The van der Waals surface area contributed by atoms with E-state index >= 15 is 0 Å². The Morgan fingerprint density at radius 2 is 0.684 bits per heavy atom. The third kappa shape index (κ3) is 9.92. The number of phenols is 2. The second-order valence-electron chi connectivity index (χ2n) is 3.41. The molecule has 93 valence electrons. The van der Waals surface area contributed by atoms with Gasteiger partial charge in [0.05, 0.1) is 0 Å². The Labute approximate surface area is 129 Å². The molecule has 2 saturated carbocycles. The topological polar surface area (TPSA) is 40.5 Å². The minimum atomic E-state index is -0.0764. The van der Waals surface area contributed by atoms with Gasteiger partial charge in [-0.05, 0) is 76.3 Å². The smallest absolute Gasteiger partial charge is 0.504 e. The summed E-state index contributed by atoms with van der Waals surface area (Å²) in [7, 11) is 0. The molecule has 2 nitrogen and oxygen atoms in total. The molecule has 0 saturated heterocycles. The van der Waals surface area contributed by atoms with Crippen LogP contribution in [0, 0.1) is 64.2 Å². The average molecular weight is 291 g/mol. The van der Waals surface area contributed by atoms with E-state index in [2.05, 4.69) is 0 Å². The van der Waals surface area contributed by atoms with Crippen molar-refractivity contribution < 1.29 is 28.8 Å². The van der Waals surface area contributed by atoms with Gasteiger partial charge in [0.15, 0.2) is 11.5 Å². The van der Waals surface area contributed by atoms with Crippen molar-refractivity contribution in [1.82, 2.24) is 0 Å². The van der Waals surface area contributed by atoms with Crippen molar-refractivity contribution in [2.75, 3.05) is 0 Å². The number of hydrogen-bond acceptors (Lipinski definition) is 2. The van der Waals surface area contributed by atoms with Gasteiger partial charge in [-0.3, -0.25) is 0 Å². The monoisotopic (exact) mass is 291 g/mol. The second-order valence-corrected chi connectivity index (χ2v) is 3.41. The SMILES string of the molecule is Oc1ccccc1O.[CH]1[CH][CH][CH][CH]1.[CH]1[CH][CH][CH][CH]1.[V+4]. The molecule has 0 amide bonds. The molecule has 2 fully saturated rings. The normalized spacial score (nSPS) is 16.4. The zero-order chi connectivity index (χ0) is 13.1. The molecule has 2 aliphatic carbocycles. The molecule has 2 N–H and O–H groups in total. The van der Waals surface area contributed by atoms with E-state index in [4.69, 9.17) is 10.2 Å². The zero-order valence-electron chi connectivity index (χ0n) is 10.4. The fourth-order valence-electron chi connectivity index (χ4n) is 1.11. The van der Waals surface area contributed by atoms with E-state index < -0.39 is 0 Å². The van der Waals surface area contributed by atoms with Gasteiger partial charge < -0.3 is 10.2 Å². The van der Waals surface area contributed by atoms with Crippen LogP contribution in [0.3, 0.4) is 0 Å². The van der Waals surface area contributed by atoms with Crippen LogP contribution in [-0.2, 0) is 18.6 Å². The first-order chi connectivity index (χ1) is 8.80. The molecular weight excluding hydrogens is 275 g/mol. The minimum Gasteiger partial charge on any atom is -0.504 e. The molecule has 1 aromatic carbocycles. The second kappa shape index (κ2) is 12.4. The zero-order valence-corrected chi connectivity index (χ0v) is 11.8. The molecule has 3 rings (SSSR count). The van der Waals surface area contributed by atoms with E-state index in [-0.39, 0.29) is 30.1 Å². The third-order valence-electron chi connectivity index (χ3n) is 1.99. The Bertz CT molecular complexity index is 261. The fraction of sp³-hybridized carbons (Fsp3) is 0. The maximum atomic E-state index is 8.67. The number of phenolic OH excluding ortho intramolecular Hbond substituents is 2. The Hall–Kier alpha value is -0.596. The third-order valence-corrected chi connectivity index (χ3v) is 1.99. The van der Waals surface area contributed by atoms with E-state index in [0.717, 1.165) is 0 Å². The van der Waals surface area contributed by atoms with Crippen LogP contribution >= 0.6 is 0 Å². The van der Waals surface area contributed by atoms with Crippen LogP contribution in [0.5, 0.6) is 11.5 Å². The Kier molecular flexibility index (Phi) is 12.0. The van der Waals surface area contributed by atoms with Crippen LogP contribution < -0.4 is 0 Å². The summed E-state index contributed by atoms with van der Waals surface area (Å²) in [5.74, 6) is -0.153. The number of benzene rings is 1. The van der Waals surface area contributed by atoms with Crippen molar-refractivity contribution in [3.05, 3.63) is 88.5 Å². The molecule has 0 spiro atoms. The predicted molar refractivity (Wildman–Crippen MR) is 72.8 cm³/mol. The number of hydrogen-bond donors (Lipinski definition) is 2. The Balaban J connectivity index is 0.000000259. The molecule has 19 heavy (non-hydrogen) atoms. The van der Waals surface area contributed by atoms with Crippen molar-refractivity contribution in [2.24, 2.45) is 0 Å². The first-order valence-electron chi connectivity index (χ1n) is 5.61. The largest absolute Gasteiger partial charge is 4.00 e. The van der Waals surface area contributed by atoms with E-state index in [9.17, 15) is 0 Å². The number of para-hydroxylation sites is 2. The van der Waals surface area contributed by atoms with Crippen molar-refractivity contribution in [3.63, 3.8) is 0 Å². The van der Waals surface area contributed by atoms with Crippen molar-refractivity contribution in [1.29, 1.82) is 0 Å². The van der Waals surface area contributed by atoms with E-state index in [0.29, 0.717) is 0 Å². The standard InChI is InChI=1S/C6H6O2.2C5H5.V/c7-5-3-1-2-4-6(5)8;2*1-2-4-5-3-1;/h1-4,7-8H;2*1-5H;/q;;;+4.